The van der Waals surface area contributed by atoms with E-state index in [1.165, 1.54) is 83.5 Å². The molecule has 0 aliphatic heterocycles. The van der Waals surface area contributed by atoms with Crippen molar-refractivity contribution in [2.75, 3.05) is 41.0 Å². The number of unbranched alkanes of at least 4 members (excludes halogenated alkanes) is 19. The number of aliphatic carboxylic acids is 1. The highest BCUT2D eigenvalue weighted by atomic mass is 16.6. The van der Waals surface area contributed by atoms with Crippen LogP contribution in [0.25, 0.3) is 0 Å². The monoisotopic (exact) mass is 748 g/mol. The zero-order chi connectivity index (χ0) is 39.3. The zero-order valence-corrected chi connectivity index (χ0v) is 34.9. The maximum Gasteiger partial charge on any atom is 0.306 e. The lowest BCUT2D eigenvalue weighted by atomic mass is 10.1. The van der Waals surface area contributed by atoms with Crippen molar-refractivity contribution in [3.63, 3.8) is 0 Å². The first-order valence-electron chi connectivity index (χ1n) is 21.5. The highest BCUT2D eigenvalue weighted by molar-refractivity contribution is 5.70. The van der Waals surface area contributed by atoms with Crippen molar-refractivity contribution in [3.05, 3.63) is 36.5 Å². The normalized spacial score (nSPS) is 13.3. The first-order chi connectivity index (χ1) is 25.6. The van der Waals surface area contributed by atoms with E-state index in [1.807, 2.05) is 0 Å². The van der Waals surface area contributed by atoms with Crippen LogP contribution in [0.1, 0.15) is 181 Å². The van der Waals surface area contributed by atoms with Crippen molar-refractivity contribution in [3.8, 4) is 0 Å². The van der Waals surface area contributed by atoms with Crippen LogP contribution in [0.4, 0.5) is 0 Å². The number of carboxylic acids is 1. The summed E-state index contributed by atoms with van der Waals surface area (Å²) < 4.78 is 17.1. The van der Waals surface area contributed by atoms with Gasteiger partial charge in [-0.15, -0.1) is 0 Å². The minimum Gasteiger partial charge on any atom is -0.544 e. The zero-order valence-electron chi connectivity index (χ0n) is 34.9. The van der Waals surface area contributed by atoms with Gasteiger partial charge in [0.1, 0.15) is 12.6 Å². The van der Waals surface area contributed by atoms with E-state index in [9.17, 15) is 19.5 Å². The number of carboxylic acid groups (broad SMARTS) is 1. The van der Waals surface area contributed by atoms with E-state index in [1.54, 1.807) is 21.1 Å². The lowest BCUT2D eigenvalue weighted by Gasteiger charge is -2.34. The fraction of sp³-hybridized carbons (Fsp3) is 0.800. The Morgan fingerprint density at radius 1 is 0.566 bits per heavy atom. The minimum absolute atomic E-state index is 0.0296. The SMILES string of the molecule is CCCC/C=C/C=C/CCCCCC(=O)OCC(COCCC(C(=O)[O-])[N+](C)(C)C)OC(=O)CCCCCCC/C=C/CCCCCCCCCCC. The third-order valence-corrected chi connectivity index (χ3v) is 9.53. The van der Waals surface area contributed by atoms with E-state index in [2.05, 4.69) is 50.3 Å². The molecule has 0 amide bonds. The van der Waals surface area contributed by atoms with Gasteiger partial charge in [0.25, 0.3) is 0 Å². The summed E-state index contributed by atoms with van der Waals surface area (Å²) in [6.45, 7) is 4.57. The third-order valence-electron chi connectivity index (χ3n) is 9.53. The van der Waals surface area contributed by atoms with Crippen LogP contribution in [0.5, 0.6) is 0 Å². The largest absolute Gasteiger partial charge is 0.544 e. The van der Waals surface area contributed by atoms with Gasteiger partial charge in [0, 0.05) is 19.3 Å². The van der Waals surface area contributed by atoms with Crippen molar-refractivity contribution < 1.29 is 38.2 Å². The number of hydrogen-bond acceptors (Lipinski definition) is 7. The Morgan fingerprint density at radius 2 is 1.02 bits per heavy atom. The lowest BCUT2D eigenvalue weighted by Crippen LogP contribution is -2.55. The van der Waals surface area contributed by atoms with E-state index >= 15 is 0 Å². The molecular formula is C45H81NO7. The molecule has 2 unspecified atom stereocenters. The fourth-order valence-corrected chi connectivity index (χ4v) is 6.10. The number of allylic oxidation sites excluding steroid dienone is 6. The second-order valence-corrected chi connectivity index (χ2v) is 15.6. The average Bonchev–Trinajstić information content (AvgIpc) is 3.11. The quantitative estimate of drug-likeness (QED) is 0.0204. The molecule has 2 atom stereocenters. The van der Waals surface area contributed by atoms with Gasteiger partial charge in [-0.1, -0.05) is 140 Å². The Labute approximate surface area is 325 Å². The van der Waals surface area contributed by atoms with Crippen LogP contribution in [0.15, 0.2) is 36.5 Å². The van der Waals surface area contributed by atoms with Crippen LogP contribution >= 0.6 is 0 Å². The molecule has 0 fully saturated rings. The van der Waals surface area contributed by atoms with Crippen LogP contribution in [0.2, 0.25) is 0 Å². The van der Waals surface area contributed by atoms with Crippen molar-refractivity contribution in [2.24, 2.45) is 0 Å². The Morgan fingerprint density at radius 3 is 1.55 bits per heavy atom. The summed E-state index contributed by atoms with van der Waals surface area (Å²) in [5.74, 6) is -1.78. The summed E-state index contributed by atoms with van der Waals surface area (Å²) >= 11 is 0. The molecule has 0 spiro atoms. The fourth-order valence-electron chi connectivity index (χ4n) is 6.10. The van der Waals surface area contributed by atoms with E-state index in [4.69, 9.17) is 14.2 Å². The van der Waals surface area contributed by atoms with Gasteiger partial charge < -0.3 is 28.6 Å². The first-order valence-corrected chi connectivity index (χ1v) is 21.5. The Balaban J connectivity index is 4.37. The van der Waals surface area contributed by atoms with Gasteiger partial charge in [0.05, 0.1) is 40.3 Å². The van der Waals surface area contributed by atoms with Gasteiger partial charge in [-0.2, -0.15) is 0 Å². The van der Waals surface area contributed by atoms with Gasteiger partial charge in [-0.3, -0.25) is 9.59 Å². The molecule has 0 aromatic heterocycles. The summed E-state index contributed by atoms with van der Waals surface area (Å²) in [5.41, 5.74) is 0. The van der Waals surface area contributed by atoms with Crippen molar-refractivity contribution in [1.29, 1.82) is 0 Å². The number of ether oxygens (including phenoxy) is 3. The summed E-state index contributed by atoms with van der Waals surface area (Å²) in [4.78, 5) is 36.7. The predicted octanol–water partition coefficient (Wildman–Crippen LogP) is 10.1. The number of esters is 2. The van der Waals surface area contributed by atoms with Gasteiger partial charge in [-0.25, -0.2) is 0 Å². The van der Waals surface area contributed by atoms with Crippen LogP contribution in [0.3, 0.4) is 0 Å². The van der Waals surface area contributed by atoms with Gasteiger partial charge >= 0.3 is 11.9 Å². The van der Waals surface area contributed by atoms with Crippen LogP contribution in [-0.4, -0.2) is 75.5 Å². The Hall–Kier alpha value is -2.45. The van der Waals surface area contributed by atoms with Gasteiger partial charge in [0.2, 0.25) is 0 Å². The van der Waals surface area contributed by atoms with E-state index < -0.39 is 18.1 Å². The van der Waals surface area contributed by atoms with Gasteiger partial charge in [-0.05, 0) is 57.8 Å². The first kappa shape index (κ1) is 50.5. The minimum atomic E-state index is -1.13. The molecule has 0 saturated carbocycles. The van der Waals surface area contributed by atoms with Crippen LogP contribution in [0, 0.1) is 0 Å². The molecular weight excluding hydrogens is 666 g/mol. The molecule has 8 heteroatoms. The molecule has 8 nitrogen and oxygen atoms in total. The Kier molecular flexibility index (Phi) is 34.8. The van der Waals surface area contributed by atoms with E-state index in [-0.39, 0.29) is 42.7 Å². The maximum atomic E-state index is 12.7. The lowest BCUT2D eigenvalue weighted by molar-refractivity contribution is -0.889. The van der Waals surface area contributed by atoms with Crippen LogP contribution < -0.4 is 5.11 Å². The molecule has 0 rings (SSSR count). The second-order valence-electron chi connectivity index (χ2n) is 15.6. The number of likely N-dealkylation sites (N-methyl/N-ethyl adjacent to an activating group) is 1. The number of quaternary nitrogens is 1. The molecule has 0 bridgehead atoms. The molecule has 0 aliphatic carbocycles. The highest BCUT2D eigenvalue weighted by Gasteiger charge is 2.25. The maximum absolute atomic E-state index is 12.7. The molecule has 0 radical (unpaired) electrons. The van der Waals surface area contributed by atoms with Crippen molar-refractivity contribution in [1.82, 2.24) is 0 Å². The molecule has 53 heavy (non-hydrogen) atoms. The van der Waals surface area contributed by atoms with Crippen molar-refractivity contribution >= 4 is 17.9 Å². The summed E-state index contributed by atoms with van der Waals surface area (Å²) in [5, 5.41) is 11.6. The standard InChI is InChI=1S/C45H81NO7/c1-6-8-10-12-14-16-18-19-20-21-22-23-24-26-28-30-32-34-36-44(48)53-41(39-51-38-37-42(45(49)50)46(3,4)5)40-52-43(47)35-33-31-29-27-25-17-15-13-11-9-7-2/h13,15,17,22-23,25,41-42H,6-12,14,16,18-21,24,26-40H2,1-5H3/b15-13+,23-22+,25-17+. The predicted molar refractivity (Wildman–Crippen MR) is 217 cm³/mol. The van der Waals surface area contributed by atoms with Crippen molar-refractivity contribution in [2.45, 2.75) is 193 Å². The number of carbonyl (C=O) groups excluding carboxylic acids is 3. The number of nitrogens with zero attached hydrogens (tertiary/aromatic N) is 1. The number of hydrogen-bond donors (Lipinski definition) is 0. The van der Waals surface area contributed by atoms with E-state index in [0.717, 1.165) is 64.2 Å². The number of carbonyl (C=O) groups is 3. The second kappa shape index (κ2) is 36.5. The summed E-state index contributed by atoms with van der Waals surface area (Å²) in [6.07, 6.45) is 40.3. The third kappa shape index (κ3) is 35.0. The molecule has 308 valence electrons. The molecule has 0 aromatic rings. The molecule has 0 saturated heterocycles. The summed E-state index contributed by atoms with van der Waals surface area (Å²) in [7, 11) is 5.39. The molecule has 0 aliphatic rings. The molecule has 0 heterocycles. The molecule has 0 aromatic carbocycles. The van der Waals surface area contributed by atoms with Crippen LogP contribution in [-0.2, 0) is 28.6 Å². The summed E-state index contributed by atoms with van der Waals surface area (Å²) in [6, 6.07) is -0.730. The smallest absolute Gasteiger partial charge is 0.306 e. The molecule has 0 N–H and O–H groups in total. The van der Waals surface area contributed by atoms with E-state index in [0.29, 0.717) is 12.8 Å². The highest BCUT2D eigenvalue weighted by Crippen LogP contribution is 2.13. The van der Waals surface area contributed by atoms with Gasteiger partial charge in [0.15, 0.2) is 6.10 Å². The number of rotatable bonds is 38. The Bertz CT molecular complexity index is 968. The average molecular weight is 748 g/mol. The topological polar surface area (TPSA) is 102 Å².